The van der Waals surface area contributed by atoms with Crippen LogP contribution in [0.3, 0.4) is 0 Å². The normalized spacial score (nSPS) is 12.3. The van der Waals surface area contributed by atoms with Crippen LogP contribution in [0.1, 0.15) is 387 Å². The van der Waals surface area contributed by atoms with E-state index in [1.54, 1.807) is 0 Å². The molecule has 6 heteroatoms. The van der Waals surface area contributed by atoms with E-state index in [9.17, 15) is 14.4 Å². The van der Waals surface area contributed by atoms with Gasteiger partial charge in [-0.2, -0.15) is 0 Å². The summed E-state index contributed by atoms with van der Waals surface area (Å²) in [4.78, 5) is 38.5. The van der Waals surface area contributed by atoms with Gasteiger partial charge in [0.15, 0.2) is 6.10 Å². The average Bonchev–Trinajstić information content (AvgIpc) is 3.46. The van der Waals surface area contributed by atoms with Crippen LogP contribution in [-0.4, -0.2) is 37.2 Å². The minimum Gasteiger partial charge on any atom is -0.462 e. The SMILES string of the molecule is CCCCCC/C=C\C/C=C\CCCCCCCC(=O)OCC(COC(=O)CCCCCCCCCCCCC/C=C\C/C=C\CCCCCCC)OC(=O)CCCCCCCCCCCCCCCCCCCCCCCCC. The van der Waals surface area contributed by atoms with Crippen molar-refractivity contribution in [2.75, 3.05) is 13.2 Å². The first-order valence-electron chi connectivity index (χ1n) is 35.6. The van der Waals surface area contributed by atoms with Gasteiger partial charge in [0.25, 0.3) is 0 Å². The highest BCUT2D eigenvalue weighted by Gasteiger charge is 2.19. The lowest BCUT2D eigenvalue weighted by molar-refractivity contribution is -0.167. The highest BCUT2D eigenvalue weighted by Crippen LogP contribution is 2.18. The summed E-state index contributed by atoms with van der Waals surface area (Å²) < 4.78 is 17.0. The lowest BCUT2D eigenvalue weighted by Crippen LogP contribution is -2.30. The molecule has 0 aliphatic heterocycles. The molecule has 0 fully saturated rings. The Morgan fingerprint density at radius 1 is 0.250 bits per heavy atom. The predicted molar refractivity (Wildman–Crippen MR) is 349 cm³/mol. The number of carbonyl (C=O) groups excluding carboxylic acids is 3. The molecule has 0 rings (SSSR count). The van der Waals surface area contributed by atoms with Gasteiger partial charge in [0.05, 0.1) is 0 Å². The van der Waals surface area contributed by atoms with Crippen molar-refractivity contribution in [2.45, 2.75) is 393 Å². The molecule has 0 N–H and O–H groups in total. The van der Waals surface area contributed by atoms with Crippen LogP contribution in [0.15, 0.2) is 48.6 Å². The molecule has 0 aromatic rings. The molecule has 0 saturated heterocycles. The van der Waals surface area contributed by atoms with E-state index in [1.165, 1.54) is 263 Å². The summed E-state index contributed by atoms with van der Waals surface area (Å²) in [7, 11) is 0. The van der Waals surface area contributed by atoms with E-state index in [0.29, 0.717) is 19.3 Å². The van der Waals surface area contributed by atoms with Crippen molar-refractivity contribution in [1.29, 1.82) is 0 Å². The van der Waals surface area contributed by atoms with Crippen LogP contribution in [0.25, 0.3) is 0 Å². The van der Waals surface area contributed by atoms with Crippen LogP contribution in [0.2, 0.25) is 0 Å². The Morgan fingerprint density at radius 2 is 0.450 bits per heavy atom. The largest absolute Gasteiger partial charge is 0.462 e. The number of ether oxygens (including phenoxy) is 3. The van der Waals surface area contributed by atoms with Gasteiger partial charge < -0.3 is 14.2 Å². The minimum atomic E-state index is -0.779. The van der Waals surface area contributed by atoms with Crippen LogP contribution in [-0.2, 0) is 28.6 Å². The first-order chi connectivity index (χ1) is 39.5. The number of rotatable bonds is 66. The third-order valence-corrected chi connectivity index (χ3v) is 16.1. The van der Waals surface area contributed by atoms with E-state index in [-0.39, 0.29) is 31.1 Å². The van der Waals surface area contributed by atoms with Gasteiger partial charge in [0, 0.05) is 19.3 Å². The molecule has 0 amide bonds. The molecule has 6 nitrogen and oxygen atoms in total. The zero-order valence-corrected chi connectivity index (χ0v) is 53.9. The summed E-state index contributed by atoms with van der Waals surface area (Å²) in [6, 6.07) is 0. The van der Waals surface area contributed by atoms with Crippen molar-refractivity contribution < 1.29 is 28.6 Å². The molecular weight excluding hydrogens is 985 g/mol. The van der Waals surface area contributed by atoms with Gasteiger partial charge in [-0.15, -0.1) is 0 Å². The molecule has 0 aliphatic carbocycles. The molecule has 0 spiro atoms. The molecule has 0 saturated carbocycles. The number of allylic oxidation sites excluding steroid dienone is 8. The Labute approximate surface area is 498 Å². The summed E-state index contributed by atoms with van der Waals surface area (Å²) >= 11 is 0. The monoisotopic (exact) mass is 1120 g/mol. The summed E-state index contributed by atoms with van der Waals surface area (Å²) in [6.45, 7) is 6.67. The predicted octanol–water partition coefficient (Wildman–Crippen LogP) is 24.5. The molecule has 468 valence electrons. The third kappa shape index (κ3) is 66.2. The van der Waals surface area contributed by atoms with Crippen LogP contribution in [0.4, 0.5) is 0 Å². The number of hydrogen-bond acceptors (Lipinski definition) is 6. The lowest BCUT2D eigenvalue weighted by Gasteiger charge is -2.18. The Hall–Kier alpha value is -2.63. The van der Waals surface area contributed by atoms with Crippen molar-refractivity contribution in [3.63, 3.8) is 0 Å². The van der Waals surface area contributed by atoms with E-state index >= 15 is 0 Å². The van der Waals surface area contributed by atoms with Crippen molar-refractivity contribution in [1.82, 2.24) is 0 Å². The van der Waals surface area contributed by atoms with Crippen molar-refractivity contribution in [3.05, 3.63) is 48.6 Å². The average molecular weight is 1120 g/mol. The molecular formula is C74H136O6. The summed E-state index contributed by atoms with van der Waals surface area (Å²) in [6.07, 6.45) is 87.1. The van der Waals surface area contributed by atoms with Crippen molar-refractivity contribution in [2.24, 2.45) is 0 Å². The highest BCUT2D eigenvalue weighted by atomic mass is 16.6. The number of esters is 3. The fraction of sp³-hybridized carbons (Fsp3) is 0.851. The fourth-order valence-electron chi connectivity index (χ4n) is 10.7. The quantitative estimate of drug-likeness (QED) is 0.0261. The number of unbranched alkanes of at least 4 members (excludes halogenated alkanes) is 47. The Balaban J connectivity index is 4.31. The van der Waals surface area contributed by atoms with E-state index in [1.807, 2.05) is 0 Å². The number of hydrogen-bond donors (Lipinski definition) is 0. The zero-order chi connectivity index (χ0) is 57.8. The van der Waals surface area contributed by atoms with Crippen LogP contribution < -0.4 is 0 Å². The topological polar surface area (TPSA) is 78.9 Å². The second-order valence-electron chi connectivity index (χ2n) is 24.1. The van der Waals surface area contributed by atoms with E-state index < -0.39 is 6.10 Å². The molecule has 1 atom stereocenters. The second-order valence-corrected chi connectivity index (χ2v) is 24.1. The molecule has 1 unspecified atom stereocenters. The molecule has 0 aliphatic rings. The maximum Gasteiger partial charge on any atom is 0.306 e. The molecule has 80 heavy (non-hydrogen) atoms. The van der Waals surface area contributed by atoms with Gasteiger partial charge in [-0.05, 0) is 83.5 Å². The van der Waals surface area contributed by atoms with E-state index in [4.69, 9.17) is 14.2 Å². The van der Waals surface area contributed by atoms with E-state index in [2.05, 4.69) is 69.4 Å². The molecule has 0 aromatic heterocycles. The van der Waals surface area contributed by atoms with Gasteiger partial charge >= 0.3 is 17.9 Å². The zero-order valence-electron chi connectivity index (χ0n) is 53.9. The smallest absolute Gasteiger partial charge is 0.306 e. The van der Waals surface area contributed by atoms with Gasteiger partial charge in [-0.1, -0.05) is 333 Å². The molecule has 0 bridgehead atoms. The Morgan fingerprint density at radius 3 is 0.700 bits per heavy atom. The van der Waals surface area contributed by atoms with Crippen molar-refractivity contribution >= 4 is 17.9 Å². The van der Waals surface area contributed by atoms with Gasteiger partial charge in [-0.25, -0.2) is 0 Å². The maximum atomic E-state index is 13.0. The Kier molecular flexibility index (Phi) is 66.6. The first kappa shape index (κ1) is 77.4. The maximum absolute atomic E-state index is 13.0. The van der Waals surface area contributed by atoms with Gasteiger partial charge in [0.2, 0.25) is 0 Å². The number of carbonyl (C=O) groups is 3. The lowest BCUT2D eigenvalue weighted by atomic mass is 10.0. The van der Waals surface area contributed by atoms with Gasteiger partial charge in [-0.3, -0.25) is 14.4 Å². The molecule has 0 radical (unpaired) electrons. The van der Waals surface area contributed by atoms with Crippen LogP contribution in [0.5, 0.6) is 0 Å². The summed E-state index contributed by atoms with van der Waals surface area (Å²) in [5.41, 5.74) is 0. The Bertz CT molecular complexity index is 1380. The highest BCUT2D eigenvalue weighted by molar-refractivity contribution is 5.71. The van der Waals surface area contributed by atoms with Crippen LogP contribution in [0, 0.1) is 0 Å². The fourth-order valence-corrected chi connectivity index (χ4v) is 10.7. The van der Waals surface area contributed by atoms with Crippen LogP contribution >= 0.6 is 0 Å². The third-order valence-electron chi connectivity index (χ3n) is 16.1. The summed E-state index contributed by atoms with van der Waals surface area (Å²) in [5, 5.41) is 0. The first-order valence-corrected chi connectivity index (χ1v) is 35.6. The van der Waals surface area contributed by atoms with E-state index in [0.717, 1.165) is 83.5 Å². The molecule has 0 heterocycles. The summed E-state index contributed by atoms with van der Waals surface area (Å²) in [5.74, 6) is -0.863. The second kappa shape index (κ2) is 68.9. The van der Waals surface area contributed by atoms with Crippen molar-refractivity contribution in [3.8, 4) is 0 Å². The van der Waals surface area contributed by atoms with Gasteiger partial charge in [0.1, 0.15) is 13.2 Å². The minimum absolute atomic E-state index is 0.0747. The standard InChI is InChI=1S/C74H136O6/c1-4-7-10-13-16-19-22-25-28-31-33-35-37-39-41-43-46-49-52-55-58-61-64-67-73(76)79-70-71(69-78-72(75)66-63-60-57-54-51-48-45-30-27-24-21-18-15-12-9-6-3)80-74(77)68-65-62-59-56-53-50-47-44-42-40-38-36-34-32-29-26-23-20-17-14-11-8-5-2/h21-22,24-25,30-31,33,45,71H,4-20,23,26-29,32,34-44,46-70H2,1-3H3/b24-21-,25-22-,33-31-,45-30-. The molecule has 0 aromatic carbocycles.